The molecule has 0 amide bonds. The second-order valence-electron chi connectivity index (χ2n) is 7.47. The number of carboxylic acids is 1. The number of carbonyl (C=O) groups excluding carboxylic acids is 1. The number of allylic oxidation sites excluding steroid dienone is 1. The van der Waals surface area contributed by atoms with Crippen LogP contribution in [-0.4, -0.2) is 24.7 Å². The third kappa shape index (κ3) is 5.83. The average molecular weight is 425 g/mol. The number of carbonyl (C=O) groups is 1. The molecule has 0 fully saturated rings. The molecule has 1 aromatic heterocycles. The van der Waals surface area contributed by atoms with Gasteiger partial charge in [-0.2, -0.15) is 0 Å². The van der Waals surface area contributed by atoms with Crippen LogP contribution in [-0.2, 0) is 4.79 Å². The van der Waals surface area contributed by atoms with Gasteiger partial charge in [0, 0.05) is 5.97 Å². The van der Waals surface area contributed by atoms with E-state index in [-0.39, 0.29) is 6.42 Å². The first-order chi connectivity index (χ1) is 14.5. The fraction of sp³-hybridized carbons (Fsp3) is 0.333. The van der Waals surface area contributed by atoms with Gasteiger partial charge in [-0.15, -0.1) is 11.3 Å². The molecule has 158 valence electrons. The van der Waals surface area contributed by atoms with E-state index in [9.17, 15) is 9.90 Å². The van der Waals surface area contributed by atoms with E-state index >= 15 is 0 Å². The van der Waals surface area contributed by atoms with Crippen molar-refractivity contribution in [3.05, 3.63) is 53.0 Å². The summed E-state index contributed by atoms with van der Waals surface area (Å²) < 4.78 is 12.4. The molecule has 0 spiro atoms. The van der Waals surface area contributed by atoms with Crippen LogP contribution in [0.4, 0.5) is 0 Å². The molecule has 0 saturated carbocycles. The SMILES string of the molecule is COc1cc(/C=C(\CCC(=O)[O-])c2nc3ccccc3s2)ccc1OCCC(C)C. The van der Waals surface area contributed by atoms with Crippen LogP contribution in [0.15, 0.2) is 42.5 Å². The average Bonchev–Trinajstić information content (AvgIpc) is 3.15. The summed E-state index contributed by atoms with van der Waals surface area (Å²) in [7, 11) is 1.61. The normalized spacial score (nSPS) is 11.8. The minimum absolute atomic E-state index is 0.0602. The number of hydrogen-bond donors (Lipinski definition) is 0. The minimum atomic E-state index is -1.08. The van der Waals surface area contributed by atoms with Crippen molar-refractivity contribution >= 4 is 39.2 Å². The summed E-state index contributed by atoms with van der Waals surface area (Å²) in [6, 6.07) is 13.6. The summed E-state index contributed by atoms with van der Waals surface area (Å²) in [5, 5.41) is 11.9. The Kier molecular flexibility index (Phi) is 7.46. The fourth-order valence-electron chi connectivity index (χ4n) is 2.99. The highest BCUT2D eigenvalue weighted by atomic mass is 32.1. The number of ether oxygens (including phenoxy) is 2. The van der Waals surface area contributed by atoms with Gasteiger partial charge in [0.1, 0.15) is 5.01 Å². The maximum Gasteiger partial charge on any atom is 0.161 e. The predicted octanol–water partition coefficient (Wildman–Crippen LogP) is 4.80. The number of nitrogens with zero attached hydrogens (tertiary/aromatic N) is 1. The number of thiazole rings is 1. The number of benzene rings is 2. The second kappa shape index (κ2) is 10.3. The number of fused-ring (bicyclic) bond motifs is 1. The Morgan fingerprint density at radius 2 is 1.97 bits per heavy atom. The van der Waals surface area contributed by atoms with Crippen molar-refractivity contribution in [2.45, 2.75) is 33.1 Å². The van der Waals surface area contributed by atoms with Crippen LogP contribution in [0.25, 0.3) is 21.9 Å². The van der Waals surface area contributed by atoms with Gasteiger partial charge in [-0.25, -0.2) is 4.98 Å². The van der Waals surface area contributed by atoms with Crippen molar-refractivity contribution in [2.24, 2.45) is 5.92 Å². The lowest BCUT2D eigenvalue weighted by atomic mass is 10.1. The highest BCUT2D eigenvalue weighted by molar-refractivity contribution is 7.19. The molecule has 2 aromatic carbocycles. The van der Waals surface area contributed by atoms with Gasteiger partial charge in [0.2, 0.25) is 0 Å². The molecule has 5 nitrogen and oxygen atoms in total. The van der Waals surface area contributed by atoms with Crippen LogP contribution in [0, 0.1) is 5.92 Å². The van der Waals surface area contributed by atoms with E-state index in [4.69, 9.17) is 9.47 Å². The molecule has 30 heavy (non-hydrogen) atoms. The van der Waals surface area contributed by atoms with E-state index in [1.54, 1.807) is 18.4 Å². The molecule has 0 radical (unpaired) electrons. The van der Waals surface area contributed by atoms with Gasteiger partial charge in [0.05, 0.1) is 23.9 Å². The van der Waals surface area contributed by atoms with Gasteiger partial charge in [0.25, 0.3) is 0 Å². The number of hydrogen-bond acceptors (Lipinski definition) is 6. The zero-order valence-corrected chi connectivity index (χ0v) is 18.3. The molecule has 0 aliphatic rings. The third-order valence-electron chi connectivity index (χ3n) is 4.65. The molecule has 0 bridgehead atoms. The quantitative estimate of drug-likeness (QED) is 0.467. The molecule has 1 heterocycles. The van der Waals surface area contributed by atoms with E-state index in [1.165, 1.54) is 0 Å². The molecule has 0 aliphatic carbocycles. The van der Waals surface area contributed by atoms with Crippen molar-refractivity contribution < 1.29 is 19.4 Å². The lowest BCUT2D eigenvalue weighted by Crippen LogP contribution is -2.21. The smallest absolute Gasteiger partial charge is 0.161 e. The Bertz CT molecular complexity index is 1010. The molecule has 3 rings (SSSR count). The monoisotopic (exact) mass is 424 g/mol. The lowest BCUT2D eigenvalue weighted by molar-refractivity contribution is -0.305. The molecule has 3 aromatic rings. The molecule has 0 unspecified atom stereocenters. The summed E-state index contributed by atoms with van der Waals surface area (Å²) in [6.07, 6.45) is 3.21. The summed E-state index contributed by atoms with van der Waals surface area (Å²) in [5.41, 5.74) is 2.66. The number of carboxylic acid groups (broad SMARTS) is 1. The fourth-order valence-corrected chi connectivity index (χ4v) is 4.00. The third-order valence-corrected chi connectivity index (χ3v) is 5.76. The van der Waals surface area contributed by atoms with E-state index in [0.717, 1.165) is 32.8 Å². The number of aromatic nitrogens is 1. The first kappa shape index (κ1) is 21.8. The van der Waals surface area contributed by atoms with Crippen LogP contribution in [0.1, 0.15) is 43.7 Å². The topological polar surface area (TPSA) is 71.5 Å². The van der Waals surface area contributed by atoms with Crippen molar-refractivity contribution in [2.75, 3.05) is 13.7 Å². The van der Waals surface area contributed by atoms with E-state index < -0.39 is 5.97 Å². The molecule has 0 saturated heterocycles. The minimum Gasteiger partial charge on any atom is -0.550 e. The Morgan fingerprint density at radius 3 is 2.67 bits per heavy atom. The largest absolute Gasteiger partial charge is 0.550 e. The van der Waals surface area contributed by atoms with Crippen LogP contribution in [0.5, 0.6) is 11.5 Å². The van der Waals surface area contributed by atoms with Crippen LogP contribution in [0.2, 0.25) is 0 Å². The van der Waals surface area contributed by atoms with Gasteiger partial charge < -0.3 is 19.4 Å². The van der Waals surface area contributed by atoms with Crippen molar-refractivity contribution in [1.29, 1.82) is 0 Å². The Labute approximate surface area is 181 Å². The van der Waals surface area contributed by atoms with Gasteiger partial charge in [0.15, 0.2) is 11.5 Å². The molecular formula is C24H26NO4S-. The number of aliphatic carboxylic acids is 1. The zero-order chi connectivity index (χ0) is 21.5. The summed E-state index contributed by atoms with van der Waals surface area (Å²) in [4.78, 5) is 15.7. The van der Waals surface area contributed by atoms with Gasteiger partial charge in [-0.1, -0.05) is 32.0 Å². The van der Waals surface area contributed by atoms with Gasteiger partial charge in [-0.05, 0) is 66.7 Å². The summed E-state index contributed by atoms with van der Waals surface area (Å²) >= 11 is 1.55. The maximum atomic E-state index is 11.1. The van der Waals surface area contributed by atoms with Crippen molar-refractivity contribution in [1.82, 2.24) is 4.98 Å². The first-order valence-corrected chi connectivity index (χ1v) is 10.8. The van der Waals surface area contributed by atoms with E-state index in [2.05, 4.69) is 18.8 Å². The molecular weight excluding hydrogens is 398 g/mol. The standard InChI is InChI=1S/C24H27NO4S/c1-16(2)12-13-29-20-10-8-17(15-21(20)28-3)14-18(9-11-23(26)27)24-25-19-6-4-5-7-22(19)30-24/h4-8,10,14-16H,9,11-13H2,1-3H3,(H,26,27)/p-1/b18-14+. The molecule has 0 N–H and O–H groups in total. The van der Waals surface area contributed by atoms with Crippen LogP contribution < -0.4 is 14.6 Å². The number of para-hydroxylation sites is 1. The second-order valence-corrected chi connectivity index (χ2v) is 8.50. The van der Waals surface area contributed by atoms with Crippen molar-refractivity contribution in [3.63, 3.8) is 0 Å². The Balaban J connectivity index is 1.90. The zero-order valence-electron chi connectivity index (χ0n) is 17.5. The highest BCUT2D eigenvalue weighted by Gasteiger charge is 2.11. The number of rotatable bonds is 10. The van der Waals surface area contributed by atoms with E-state index in [1.807, 2.05) is 48.5 Å². The van der Waals surface area contributed by atoms with Crippen LogP contribution in [0.3, 0.4) is 0 Å². The van der Waals surface area contributed by atoms with Gasteiger partial charge in [-0.3, -0.25) is 0 Å². The maximum absolute atomic E-state index is 11.1. The summed E-state index contributed by atoms with van der Waals surface area (Å²) in [6.45, 7) is 4.95. The lowest BCUT2D eigenvalue weighted by Gasteiger charge is -2.13. The van der Waals surface area contributed by atoms with Crippen LogP contribution >= 0.6 is 11.3 Å². The molecule has 6 heteroatoms. The predicted molar refractivity (Wildman–Crippen MR) is 120 cm³/mol. The highest BCUT2D eigenvalue weighted by Crippen LogP contribution is 2.33. The Morgan fingerprint density at radius 1 is 1.17 bits per heavy atom. The first-order valence-electron chi connectivity index (χ1n) is 10.0. The Hall–Kier alpha value is -2.86. The van der Waals surface area contributed by atoms with Crippen molar-refractivity contribution in [3.8, 4) is 11.5 Å². The van der Waals surface area contributed by atoms with Gasteiger partial charge >= 0.3 is 0 Å². The van der Waals surface area contributed by atoms with E-state index in [0.29, 0.717) is 30.4 Å². The number of methoxy groups -OCH3 is 1. The molecule has 0 atom stereocenters. The summed E-state index contributed by atoms with van der Waals surface area (Å²) in [5.74, 6) is 0.842. The molecule has 0 aliphatic heterocycles.